The Kier molecular flexibility index (Phi) is 2.63. The normalized spacial score (nSPS) is 15.3. The predicted molar refractivity (Wildman–Crippen MR) is 69.9 cm³/mol. The van der Waals surface area contributed by atoms with E-state index in [0.717, 1.165) is 41.4 Å². The lowest BCUT2D eigenvalue weighted by Gasteiger charge is -2.10. The maximum Gasteiger partial charge on any atom is 0.125 e. The zero-order valence-corrected chi connectivity index (χ0v) is 10.7. The highest BCUT2D eigenvalue weighted by Gasteiger charge is 2.18. The molecule has 0 amide bonds. The minimum absolute atomic E-state index is 0.205. The second-order valence-corrected chi connectivity index (χ2v) is 4.83. The van der Waals surface area contributed by atoms with Crippen LogP contribution in [-0.2, 0) is 6.42 Å². The van der Waals surface area contributed by atoms with E-state index in [2.05, 4.69) is 6.07 Å². The van der Waals surface area contributed by atoms with E-state index >= 15 is 0 Å². The van der Waals surface area contributed by atoms with Crippen LogP contribution in [0, 0.1) is 13.8 Å². The molecule has 0 saturated carbocycles. The topological polar surface area (TPSA) is 48.4 Å². The van der Waals surface area contributed by atoms with Gasteiger partial charge in [-0.15, -0.1) is 0 Å². The third-order valence-electron chi connectivity index (χ3n) is 3.56. The van der Waals surface area contributed by atoms with Crippen molar-refractivity contribution >= 4 is 0 Å². The van der Waals surface area contributed by atoms with Crippen LogP contribution < -0.4 is 10.5 Å². The fraction of sp³-hybridized carbons (Fsp3) is 0.333. The van der Waals surface area contributed by atoms with Crippen molar-refractivity contribution in [2.24, 2.45) is 5.73 Å². The molecule has 1 aliphatic rings. The van der Waals surface area contributed by atoms with Crippen LogP contribution >= 0.6 is 0 Å². The molecule has 0 bridgehead atoms. The summed E-state index contributed by atoms with van der Waals surface area (Å²) in [4.78, 5) is 0. The summed E-state index contributed by atoms with van der Waals surface area (Å²) in [7, 11) is 0. The molecule has 1 atom stereocenters. The van der Waals surface area contributed by atoms with E-state index in [9.17, 15) is 0 Å². The molecule has 1 aliphatic heterocycles. The lowest BCUT2D eigenvalue weighted by molar-refractivity contribution is 0.356. The maximum atomic E-state index is 6.26. The van der Waals surface area contributed by atoms with E-state index < -0.39 is 0 Å². The molecule has 0 radical (unpaired) electrons. The van der Waals surface area contributed by atoms with Crippen molar-refractivity contribution < 1.29 is 9.15 Å². The van der Waals surface area contributed by atoms with Gasteiger partial charge >= 0.3 is 0 Å². The maximum absolute atomic E-state index is 6.26. The Morgan fingerprint density at radius 1 is 1.22 bits per heavy atom. The third kappa shape index (κ3) is 1.81. The van der Waals surface area contributed by atoms with Crippen molar-refractivity contribution in [1.82, 2.24) is 0 Å². The number of rotatable bonds is 2. The molecule has 1 unspecified atom stereocenters. The van der Waals surface area contributed by atoms with E-state index in [1.807, 2.05) is 32.0 Å². The third-order valence-corrected chi connectivity index (χ3v) is 3.56. The van der Waals surface area contributed by atoms with Gasteiger partial charge in [0, 0.05) is 6.42 Å². The summed E-state index contributed by atoms with van der Waals surface area (Å²) in [5.41, 5.74) is 9.72. The van der Waals surface area contributed by atoms with Crippen LogP contribution in [0.4, 0.5) is 0 Å². The van der Waals surface area contributed by atoms with Gasteiger partial charge in [-0.25, -0.2) is 0 Å². The number of hydrogen-bond donors (Lipinski definition) is 1. The fourth-order valence-corrected chi connectivity index (χ4v) is 2.32. The van der Waals surface area contributed by atoms with Gasteiger partial charge in [0.25, 0.3) is 0 Å². The summed E-state index contributed by atoms with van der Waals surface area (Å²) >= 11 is 0. The summed E-state index contributed by atoms with van der Waals surface area (Å²) in [6.07, 6.45) is 0.964. The van der Waals surface area contributed by atoms with Gasteiger partial charge in [-0.1, -0.05) is 6.07 Å². The number of ether oxygens (including phenoxy) is 1. The number of fused-ring (bicyclic) bond motifs is 1. The first kappa shape index (κ1) is 11.4. The highest BCUT2D eigenvalue weighted by atomic mass is 16.5. The lowest BCUT2D eigenvalue weighted by atomic mass is 10.0. The molecular formula is C15H17NO2. The Labute approximate surface area is 107 Å². The molecule has 1 aromatic heterocycles. The average Bonchev–Trinajstić information content (AvgIpc) is 2.95. The van der Waals surface area contributed by atoms with Crippen molar-refractivity contribution in [2.75, 3.05) is 6.61 Å². The number of aryl methyl sites for hydroxylation is 2. The zero-order chi connectivity index (χ0) is 12.7. The Morgan fingerprint density at radius 2 is 2.06 bits per heavy atom. The average molecular weight is 243 g/mol. The SMILES string of the molecule is Cc1cc(C(N)c2ccc3c(c2)CCO3)oc1C. The van der Waals surface area contributed by atoms with Crippen LogP contribution in [0.1, 0.15) is 34.3 Å². The summed E-state index contributed by atoms with van der Waals surface area (Å²) in [6, 6.07) is 7.95. The summed E-state index contributed by atoms with van der Waals surface area (Å²) in [5.74, 6) is 2.74. The fourth-order valence-electron chi connectivity index (χ4n) is 2.32. The Hall–Kier alpha value is -1.74. The zero-order valence-electron chi connectivity index (χ0n) is 10.7. The first-order valence-corrected chi connectivity index (χ1v) is 6.23. The quantitative estimate of drug-likeness (QED) is 0.882. The summed E-state index contributed by atoms with van der Waals surface area (Å²) in [5, 5.41) is 0. The molecule has 3 rings (SSSR count). The second kappa shape index (κ2) is 4.18. The number of nitrogens with two attached hydrogens (primary N) is 1. The van der Waals surface area contributed by atoms with Crippen LogP contribution in [0.2, 0.25) is 0 Å². The van der Waals surface area contributed by atoms with E-state index in [1.54, 1.807) is 0 Å². The monoisotopic (exact) mass is 243 g/mol. The number of furan rings is 1. The van der Waals surface area contributed by atoms with Crippen molar-refractivity contribution in [3.8, 4) is 5.75 Å². The van der Waals surface area contributed by atoms with Gasteiger partial charge in [0.15, 0.2) is 0 Å². The van der Waals surface area contributed by atoms with Crippen LogP contribution in [-0.4, -0.2) is 6.61 Å². The number of hydrogen-bond acceptors (Lipinski definition) is 3. The molecule has 2 aromatic rings. The van der Waals surface area contributed by atoms with Gasteiger partial charge < -0.3 is 14.9 Å². The standard InChI is InChI=1S/C15H17NO2/c1-9-7-14(18-10(9)2)15(16)12-3-4-13-11(8-12)5-6-17-13/h3-4,7-8,15H,5-6,16H2,1-2H3. The van der Waals surface area contributed by atoms with Crippen molar-refractivity contribution in [1.29, 1.82) is 0 Å². The Balaban J connectivity index is 1.94. The van der Waals surface area contributed by atoms with Crippen LogP contribution in [0.15, 0.2) is 28.7 Å². The highest BCUT2D eigenvalue weighted by molar-refractivity contribution is 5.42. The molecule has 18 heavy (non-hydrogen) atoms. The van der Waals surface area contributed by atoms with E-state index in [0.29, 0.717) is 0 Å². The van der Waals surface area contributed by atoms with Crippen LogP contribution in [0.25, 0.3) is 0 Å². The first-order valence-electron chi connectivity index (χ1n) is 6.23. The largest absolute Gasteiger partial charge is 0.493 e. The van der Waals surface area contributed by atoms with Gasteiger partial charge in [0.05, 0.1) is 12.6 Å². The lowest BCUT2D eigenvalue weighted by Crippen LogP contribution is -2.11. The van der Waals surface area contributed by atoms with Gasteiger partial charge in [0.2, 0.25) is 0 Å². The molecule has 0 aliphatic carbocycles. The number of benzene rings is 1. The Morgan fingerprint density at radius 3 is 2.78 bits per heavy atom. The molecule has 1 aromatic carbocycles. The minimum Gasteiger partial charge on any atom is -0.493 e. The van der Waals surface area contributed by atoms with E-state index in [4.69, 9.17) is 14.9 Å². The first-order chi connectivity index (χ1) is 8.65. The molecular weight excluding hydrogens is 226 g/mol. The minimum atomic E-state index is -0.205. The predicted octanol–water partition coefficient (Wildman–Crippen LogP) is 2.88. The van der Waals surface area contributed by atoms with Gasteiger partial charge in [-0.2, -0.15) is 0 Å². The van der Waals surface area contributed by atoms with E-state index in [1.165, 1.54) is 5.56 Å². The molecule has 2 heterocycles. The molecule has 0 saturated heterocycles. The smallest absolute Gasteiger partial charge is 0.125 e. The Bertz CT molecular complexity index is 567. The van der Waals surface area contributed by atoms with Crippen LogP contribution in [0.5, 0.6) is 5.75 Å². The molecule has 2 N–H and O–H groups in total. The van der Waals surface area contributed by atoms with Crippen molar-refractivity contribution in [3.63, 3.8) is 0 Å². The molecule has 94 valence electrons. The van der Waals surface area contributed by atoms with Crippen LogP contribution in [0.3, 0.4) is 0 Å². The molecule has 0 fully saturated rings. The summed E-state index contributed by atoms with van der Waals surface area (Å²) in [6.45, 7) is 4.76. The van der Waals surface area contributed by atoms with Gasteiger partial charge in [0.1, 0.15) is 17.3 Å². The van der Waals surface area contributed by atoms with E-state index in [-0.39, 0.29) is 6.04 Å². The second-order valence-electron chi connectivity index (χ2n) is 4.83. The highest BCUT2D eigenvalue weighted by Crippen LogP contribution is 2.30. The van der Waals surface area contributed by atoms with Gasteiger partial charge in [-0.05, 0) is 48.7 Å². The summed E-state index contributed by atoms with van der Waals surface area (Å²) < 4.78 is 11.2. The van der Waals surface area contributed by atoms with Gasteiger partial charge in [-0.3, -0.25) is 0 Å². The molecule has 0 spiro atoms. The molecule has 3 nitrogen and oxygen atoms in total. The van der Waals surface area contributed by atoms with Crippen molar-refractivity contribution in [2.45, 2.75) is 26.3 Å². The van der Waals surface area contributed by atoms with Crippen molar-refractivity contribution in [3.05, 3.63) is 52.5 Å². The molecule has 3 heteroatoms.